The standard InChI is InChI=1S/C13H22F3N3O/c14-13(15,16)10-3-1-2-4-11(10)18-9-5-7-19(8-6-9)12(17)20/h9-11,18H,1-8H2,(H2,17,20). The Morgan fingerprint density at radius 2 is 1.70 bits per heavy atom. The Kier molecular flexibility index (Phi) is 4.78. The molecular weight excluding hydrogens is 271 g/mol. The van der Waals surface area contributed by atoms with Gasteiger partial charge in [0, 0.05) is 25.2 Å². The van der Waals surface area contributed by atoms with E-state index in [-0.39, 0.29) is 12.5 Å². The highest BCUT2D eigenvalue weighted by Crippen LogP contribution is 2.38. The number of rotatable bonds is 2. The van der Waals surface area contributed by atoms with Crippen LogP contribution in [0.4, 0.5) is 18.0 Å². The molecule has 7 heteroatoms. The molecule has 4 nitrogen and oxygen atoms in total. The highest BCUT2D eigenvalue weighted by Gasteiger charge is 2.45. The topological polar surface area (TPSA) is 58.4 Å². The first kappa shape index (κ1) is 15.4. The summed E-state index contributed by atoms with van der Waals surface area (Å²) in [6, 6.07) is -0.873. The Hall–Kier alpha value is -0.980. The molecule has 0 aromatic carbocycles. The van der Waals surface area contributed by atoms with Crippen LogP contribution in [0, 0.1) is 5.92 Å². The zero-order valence-electron chi connectivity index (χ0n) is 11.5. The minimum Gasteiger partial charge on any atom is -0.351 e. The largest absolute Gasteiger partial charge is 0.393 e. The fourth-order valence-electron chi connectivity index (χ4n) is 3.29. The molecule has 20 heavy (non-hydrogen) atoms. The zero-order chi connectivity index (χ0) is 14.8. The SMILES string of the molecule is NC(=O)N1CCC(NC2CCCCC2C(F)(F)F)CC1. The number of nitrogens with two attached hydrogens (primary N) is 1. The van der Waals surface area contributed by atoms with Gasteiger partial charge < -0.3 is 16.0 Å². The summed E-state index contributed by atoms with van der Waals surface area (Å²) in [4.78, 5) is 12.6. The molecule has 0 spiro atoms. The van der Waals surface area contributed by atoms with E-state index in [9.17, 15) is 18.0 Å². The van der Waals surface area contributed by atoms with Gasteiger partial charge in [0.25, 0.3) is 0 Å². The average Bonchev–Trinajstić information content (AvgIpc) is 2.38. The molecule has 116 valence electrons. The number of halogens is 3. The molecule has 0 aromatic heterocycles. The number of urea groups is 1. The number of amides is 2. The fraction of sp³-hybridized carbons (Fsp3) is 0.923. The number of piperidine rings is 1. The molecule has 2 fully saturated rings. The monoisotopic (exact) mass is 293 g/mol. The predicted molar refractivity (Wildman–Crippen MR) is 69.1 cm³/mol. The Balaban J connectivity index is 1.87. The number of nitrogens with one attached hydrogen (secondary N) is 1. The van der Waals surface area contributed by atoms with E-state index >= 15 is 0 Å². The molecule has 1 heterocycles. The Morgan fingerprint density at radius 1 is 1.10 bits per heavy atom. The number of nitrogens with zero attached hydrogens (tertiary/aromatic N) is 1. The number of hydrogen-bond donors (Lipinski definition) is 2. The maximum atomic E-state index is 13.0. The molecule has 2 unspecified atom stereocenters. The second-order valence-electron chi connectivity index (χ2n) is 5.81. The number of hydrogen-bond acceptors (Lipinski definition) is 2. The van der Waals surface area contributed by atoms with Gasteiger partial charge in [-0.1, -0.05) is 12.8 Å². The van der Waals surface area contributed by atoms with Gasteiger partial charge in [0.15, 0.2) is 0 Å². The lowest BCUT2D eigenvalue weighted by Crippen LogP contribution is -2.53. The van der Waals surface area contributed by atoms with Crippen LogP contribution in [-0.2, 0) is 0 Å². The van der Waals surface area contributed by atoms with Crippen LogP contribution in [0.3, 0.4) is 0 Å². The second kappa shape index (κ2) is 6.20. The lowest BCUT2D eigenvalue weighted by molar-refractivity contribution is -0.189. The highest BCUT2D eigenvalue weighted by molar-refractivity contribution is 5.72. The van der Waals surface area contributed by atoms with Crippen molar-refractivity contribution in [2.24, 2.45) is 11.7 Å². The van der Waals surface area contributed by atoms with Crippen LogP contribution in [0.5, 0.6) is 0 Å². The number of likely N-dealkylation sites (tertiary alicyclic amines) is 1. The number of carbonyl (C=O) groups excluding carboxylic acids is 1. The summed E-state index contributed by atoms with van der Waals surface area (Å²) in [5.74, 6) is -1.23. The van der Waals surface area contributed by atoms with Crippen LogP contribution in [0.2, 0.25) is 0 Å². The minimum atomic E-state index is -4.12. The van der Waals surface area contributed by atoms with Crippen molar-refractivity contribution >= 4 is 6.03 Å². The first-order chi connectivity index (χ1) is 9.38. The number of alkyl halides is 3. The number of primary amides is 1. The second-order valence-corrected chi connectivity index (χ2v) is 5.81. The van der Waals surface area contributed by atoms with E-state index in [0.29, 0.717) is 38.8 Å². The summed E-state index contributed by atoms with van der Waals surface area (Å²) < 4.78 is 39.0. The zero-order valence-corrected chi connectivity index (χ0v) is 11.5. The molecule has 1 aliphatic heterocycles. The molecular formula is C13H22F3N3O. The van der Waals surface area contributed by atoms with Gasteiger partial charge in [0.2, 0.25) is 0 Å². The van der Waals surface area contributed by atoms with Crippen LogP contribution < -0.4 is 11.1 Å². The van der Waals surface area contributed by atoms with E-state index in [2.05, 4.69) is 5.32 Å². The van der Waals surface area contributed by atoms with Crippen LogP contribution in [0.1, 0.15) is 38.5 Å². The molecule has 1 saturated carbocycles. The van der Waals surface area contributed by atoms with Crippen LogP contribution in [0.25, 0.3) is 0 Å². The van der Waals surface area contributed by atoms with Gasteiger partial charge in [0.05, 0.1) is 5.92 Å². The Labute approximate surface area is 116 Å². The summed E-state index contributed by atoms with van der Waals surface area (Å²) >= 11 is 0. The fourth-order valence-corrected chi connectivity index (χ4v) is 3.29. The quantitative estimate of drug-likeness (QED) is 0.820. The van der Waals surface area contributed by atoms with Crippen molar-refractivity contribution in [3.63, 3.8) is 0 Å². The molecule has 2 amide bonds. The summed E-state index contributed by atoms with van der Waals surface area (Å²) in [6.45, 7) is 1.05. The van der Waals surface area contributed by atoms with E-state index in [1.807, 2.05) is 0 Å². The van der Waals surface area contributed by atoms with Gasteiger partial charge in [0.1, 0.15) is 0 Å². The highest BCUT2D eigenvalue weighted by atomic mass is 19.4. The molecule has 2 aliphatic rings. The van der Waals surface area contributed by atoms with E-state index in [1.54, 1.807) is 4.90 Å². The third-order valence-corrected chi connectivity index (χ3v) is 4.44. The van der Waals surface area contributed by atoms with Gasteiger partial charge in [-0.3, -0.25) is 0 Å². The Bertz CT molecular complexity index is 340. The number of carbonyl (C=O) groups is 1. The minimum absolute atomic E-state index is 0.0542. The summed E-state index contributed by atoms with van der Waals surface area (Å²) in [7, 11) is 0. The average molecular weight is 293 g/mol. The van der Waals surface area contributed by atoms with Gasteiger partial charge >= 0.3 is 12.2 Å². The Morgan fingerprint density at radius 3 is 2.25 bits per heavy atom. The molecule has 1 saturated heterocycles. The molecule has 2 rings (SSSR count). The summed E-state index contributed by atoms with van der Waals surface area (Å²) in [6.07, 6.45) is -0.464. The molecule has 1 aliphatic carbocycles. The molecule has 2 atom stereocenters. The summed E-state index contributed by atoms with van der Waals surface area (Å²) in [5.41, 5.74) is 5.19. The lowest BCUT2D eigenvalue weighted by atomic mass is 9.83. The van der Waals surface area contributed by atoms with Crippen LogP contribution >= 0.6 is 0 Å². The lowest BCUT2D eigenvalue weighted by Gasteiger charge is -2.39. The third kappa shape index (κ3) is 3.77. The van der Waals surface area contributed by atoms with E-state index < -0.39 is 24.2 Å². The van der Waals surface area contributed by atoms with Crippen molar-refractivity contribution in [3.05, 3.63) is 0 Å². The van der Waals surface area contributed by atoms with Gasteiger partial charge in [-0.05, 0) is 25.7 Å². The van der Waals surface area contributed by atoms with Crippen molar-refractivity contribution < 1.29 is 18.0 Å². The van der Waals surface area contributed by atoms with Crippen molar-refractivity contribution in [1.82, 2.24) is 10.2 Å². The molecule has 0 bridgehead atoms. The maximum absolute atomic E-state index is 13.0. The van der Waals surface area contributed by atoms with Crippen molar-refractivity contribution in [1.29, 1.82) is 0 Å². The summed E-state index contributed by atoms with van der Waals surface area (Å²) in [5, 5.41) is 3.18. The van der Waals surface area contributed by atoms with Crippen molar-refractivity contribution in [2.75, 3.05) is 13.1 Å². The van der Waals surface area contributed by atoms with Crippen molar-refractivity contribution in [3.8, 4) is 0 Å². The van der Waals surface area contributed by atoms with E-state index in [1.165, 1.54) is 0 Å². The molecule has 0 aromatic rings. The van der Waals surface area contributed by atoms with Gasteiger partial charge in [-0.15, -0.1) is 0 Å². The maximum Gasteiger partial charge on any atom is 0.393 e. The smallest absolute Gasteiger partial charge is 0.351 e. The predicted octanol–water partition coefficient (Wildman–Crippen LogP) is 2.24. The normalized spacial score (nSPS) is 29.4. The van der Waals surface area contributed by atoms with Crippen molar-refractivity contribution in [2.45, 2.75) is 56.8 Å². The molecule has 3 N–H and O–H groups in total. The molecule has 0 radical (unpaired) electrons. The third-order valence-electron chi connectivity index (χ3n) is 4.44. The van der Waals surface area contributed by atoms with Crippen LogP contribution in [0.15, 0.2) is 0 Å². The van der Waals surface area contributed by atoms with E-state index in [0.717, 1.165) is 6.42 Å². The first-order valence-electron chi connectivity index (χ1n) is 7.25. The van der Waals surface area contributed by atoms with Gasteiger partial charge in [-0.25, -0.2) is 4.79 Å². The first-order valence-corrected chi connectivity index (χ1v) is 7.25. The van der Waals surface area contributed by atoms with E-state index in [4.69, 9.17) is 5.73 Å². The van der Waals surface area contributed by atoms with Crippen LogP contribution in [-0.4, -0.2) is 42.3 Å². The van der Waals surface area contributed by atoms with Gasteiger partial charge in [-0.2, -0.15) is 13.2 Å².